The standard InChI is InChI=1S/C20H19IO3S/c1-16-12-14-19(15-13-16)25(22,23)24-21(18-9-4-3-5-10-18)20-11-7-6-8-17(20)2/h3-15H,1-2H3. The van der Waals surface area contributed by atoms with E-state index >= 15 is 0 Å². The van der Waals surface area contributed by atoms with E-state index in [4.69, 9.17) is 2.51 Å². The van der Waals surface area contributed by atoms with Crippen molar-refractivity contribution in [2.24, 2.45) is 0 Å². The number of aryl methyl sites for hydroxylation is 2. The predicted molar refractivity (Wildman–Crippen MR) is 108 cm³/mol. The average molecular weight is 466 g/mol. The van der Waals surface area contributed by atoms with Gasteiger partial charge in [0.25, 0.3) is 0 Å². The third-order valence-corrected chi connectivity index (χ3v) is 11.4. The number of hydrogen-bond acceptors (Lipinski definition) is 3. The molecule has 0 aliphatic rings. The topological polar surface area (TPSA) is 43.4 Å². The van der Waals surface area contributed by atoms with Crippen LogP contribution in [0.1, 0.15) is 11.1 Å². The van der Waals surface area contributed by atoms with Crippen molar-refractivity contribution >= 4 is 30.4 Å². The summed E-state index contributed by atoms with van der Waals surface area (Å²) >= 11 is -2.60. The van der Waals surface area contributed by atoms with Crippen LogP contribution in [-0.4, -0.2) is 8.42 Å². The summed E-state index contributed by atoms with van der Waals surface area (Å²) in [7, 11) is -3.82. The molecular weight excluding hydrogens is 447 g/mol. The Kier molecular flexibility index (Phi) is 5.56. The van der Waals surface area contributed by atoms with Crippen molar-refractivity contribution in [1.29, 1.82) is 0 Å². The van der Waals surface area contributed by atoms with Gasteiger partial charge in [-0.3, -0.25) is 0 Å². The first-order valence-corrected chi connectivity index (χ1v) is 12.2. The van der Waals surface area contributed by atoms with Crippen LogP contribution in [0.25, 0.3) is 0 Å². The second-order valence-corrected chi connectivity index (χ2v) is 12.0. The second-order valence-electron chi connectivity index (χ2n) is 5.62. The molecule has 3 rings (SSSR count). The van der Waals surface area contributed by atoms with Gasteiger partial charge in [-0.25, -0.2) is 0 Å². The summed E-state index contributed by atoms with van der Waals surface area (Å²) in [5.41, 5.74) is 2.06. The van der Waals surface area contributed by atoms with Crippen molar-refractivity contribution < 1.29 is 10.9 Å². The van der Waals surface area contributed by atoms with E-state index in [2.05, 4.69) is 0 Å². The summed E-state index contributed by atoms with van der Waals surface area (Å²) in [6.45, 7) is 3.91. The Morgan fingerprint density at radius 3 is 2.00 bits per heavy atom. The summed E-state index contributed by atoms with van der Waals surface area (Å²) in [6, 6.07) is 24.3. The van der Waals surface area contributed by atoms with Crippen LogP contribution in [-0.2, 0) is 12.6 Å². The monoisotopic (exact) mass is 466 g/mol. The van der Waals surface area contributed by atoms with Crippen molar-refractivity contribution in [1.82, 2.24) is 0 Å². The van der Waals surface area contributed by atoms with Gasteiger partial charge in [-0.05, 0) is 0 Å². The van der Waals surface area contributed by atoms with E-state index in [0.29, 0.717) is 0 Å². The summed E-state index contributed by atoms with van der Waals surface area (Å²) in [6.07, 6.45) is 0. The Hall–Kier alpha value is -1.70. The minimum atomic E-state index is -3.82. The van der Waals surface area contributed by atoms with Crippen molar-refractivity contribution in [2.75, 3.05) is 0 Å². The van der Waals surface area contributed by atoms with E-state index in [0.717, 1.165) is 18.3 Å². The van der Waals surface area contributed by atoms with Gasteiger partial charge in [-0.2, -0.15) is 0 Å². The van der Waals surface area contributed by atoms with Gasteiger partial charge in [-0.1, -0.05) is 0 Å². The third kappa shape index (κ3) is 4.29. The van der Waals surface area contributed by atoms with Crippen LogP contribution >= 0.6 is 20.2 Å². The molecular formula is C20H19IO3S. The number of halogens is 1. The fourth-order valence-electron chi connectivity index (χ4n) is 2.28. The molecule has 3 aromatic carbocycles. The molecule has 0 spiro atoms. The molecule has 3 aromatic rings. The zero-order valence-corrected chi connectivity index (χ0v) is 17.0. The van der Waals surface area contributed by atoms with Crippen LogP contribution in [0.15, 0.2) is 83.8 Å². The van der Waals surface area contributed by atoms with E-state index in [9.17, 15) is 8.42 Å². The van der Waals surface area contributed by atoms with Crippen LogP contribution in [0.2, 0.25) is 0 Å². The van der Waals surface area contributed by atoms with Gasteiger partial charge in [0, 0.05) is 0 Å². The average Bonchev–Trinajstić information content (AvgIpc) is 2.61. The maximum absolute atomic E-state index is 12.8. The Balaban J connectivity index is 2.04. The van der Waals surface area contributed by atoms with Crippen molar-refractivity contribution in [2.45, 2.75) is 18.7 Å². The van der Waals surface area contributed by atoms with E-state index < -0.39 is 30.4 Å². The van der Waals surface area contributed by atoms with Crippen LogP contribution in [0, 0.1) is 21.0 Å². The van der Waals surface area contributed by atoms with Gasteiger partial charge in [0.1, 0.15) is 0 Å². The predicted octanol–water partition coefficient (Wildman–Crippen LogP) is 5.17. The molecule has 25 heavy (non-hydrogen) atoms. The Morgan fingerprint density at radius 2 is 1.36 bits per heavy atom. The molecule has 0 radical (unpaired) electrons. The molecule has 0 aliphatic heterocycles. The summed E-state index contributed by atoms with van der Waals surface area (Å²) < 4.78 is 33.5. The van der Waals surface area contributed by atoms with Gasteiger partial charge in [-0.15, -0.1) is 0 Å². The number of hydrogen-bond donors (Lipinski definition) is 0. The quantitative estimate of drug-likeness (QED) is 0.488. The first-order valence-electron chi connectivity index (χ1n) is 7.80. The van der Waals surface area contributed by atoms with E-state index in [-0.39, 0.29) is 4.90 Å². The summed E-state index contributed by atoms with van der Waals surface area (Å²) in [4.78, 5) is 0.199. The molecule has 0 atom stereocenters. The summed E-state index contributed by atoms with van der Waals surface area (Å²) in [5, 5.41) is 0. The molecule has 0 aromatic heterocycles. The number of rotatable bonds is 5. The zero-order chi connectivity index (χ0) is 17.9. The molecule has 0 bridgehead atoms. The fraction of sp³-hybridized carbons (Fsp3) is 0.100. The first-order chi connectivity index (χ1) is 12.0. The van der Waals surface area contributed by atoms with Gasteiger partial charge in [0.2, 0.25) is 0 Å². The zero-order valence-electron chi connectivity index (χ0n) is 14.0. The van der Waals surface area contributed by atoms with Gasteiger partial charge >= 0.3 is 157 Å². The molecule has 0 N–H and O–H groups in total. The minimum absolute atomic E-state index is 0.199. The normalized spacial score (nSPS) is 12.0. The Labute approximate surface area is 156 Å². The van der Waals surface area contributed by atoms with E-state index in [1.54, 1.807) is 24.3 Å². The van der Waals surface area contributed by atoms with Crippen LogP contribution in [0.4, 0.5) is 0 Å². The van der Waals surface area contributed by atoms with E-state index in [1.165, 1.54) is 0 Å². The molecule has 0 amide bonds. The van der Waals surface area contributed by atoms with E-state index in [1.807, 2.05) is 68.4 Å². The fourth-order valence-corrected chi connectivity index (χ4v) is 9.61. The molecule has 3 nitrogen and oxygen atoms in total. The molecule has 0 aliphatic carbocycles. The molecule has 0 saturated carbocycles. The summed E-state index contributed by atoms with van der Waals surface area (Å²) in [5.74, 6) is 0. The molecule has 130 valence electrons. The maximum atomic E-state index is 12.8. The second kappa shape index (κ2) is 7.68. The van der Waals surface area contributed by atoms with Crippen LogP contribution in [0.3, 0.4) is 0 Å². The van der Waals surface area contributed by atoms with Crippen molar-refractivity contribution in [3.8, 4) is 0 Å². The Bertz CT molecular complexity index is 952. The van der Waals surface area contributed by atoms with Crippen molar-refractivity contribution in [3.05, 3.63) is 97.1 Å². The number of benzene rings is 3. The third-order valence-electron chi connectivity index (χ3n) is 3.65. The molecule has 5 heteroatoms. The SMILES string of the molecule is Cc1ccc(S(=O)(=O)OI(c2ccccc2)c2ccccc2C)cc1. The molecule has 0 unspecified atom stereocenters. The molecule has 0 fully saturated rings. The Morgan fingerprint density at radius 1 is 0.760 bits per heavy atom. The first kappa shape index (κ1) is 18.1. The van der Waals surface area contributed by atoms with Gasteiger partial charge in [0.15, 0.2) is 0 Å². The van der Waals surface area contributed by atoms with Gasteiger partial charge in [0.05, 0.1) is 0 Å². The molecule has 0 heterocycles. The van der Waals surface area contributed by atoms with Crippen molar-refractivity contribution in [3.63, 3.8) is 0 Å². The van der Waals surface area contributed by atoms with Crippen LogP contribution < -0.4 is 0 Å². The molecule has 0 saturated heterocycles. The van der Waals surface area contributed by atoms with Gasteiger partial charge < -0.3 is 0 Å². The van der Waals surface area contributed by atoms with Crippen LogP contribution in [0.5, 0.6) is 0 Å².